The number of rotatable bonds is 7. The Bertz CT molecular complexity index is 1110. The molecule has 0 N–H and O–H groups in total. The SMILES string of the molecule is Cc1cc(CN2CCC(Cn3ncn(-c4ccc(CN5CCOCC5)cc4)c3=O)CC2)oc1C. The van der Waals surface area contributed by atoms with Crippen molar-refractivity contribution in [2.75, 3.05) is 39.4 Å². The van der Waals surface area contributed by atoms with Crippen molar-refractivity contribution in [3.63, 3.8) is 0 Å². The van der Waals surface area contributed by atoms with Crippen molar-refractivity contribution in [3.8, 4) is 5.69 Å². The van der Waals surface area contributed by atoms with Gasteiger partial charge in [-0.1, -0.05) is 12.1 Å². The number of likely N-dealkylation sites (tertiary alicyclic amines) is 1. The summed E-state index contributed by atoms with van der Waals surface area (Å²) in [4.78, 5) is 17.8. The third-order valence-electron chi connectivity index (χ3n) is 7.19. The van der Waals surface area contributed by atoms with Gasteiger partial charge < -0.3 is 9.15 Å². The van der Waals surface area contributed by atoms with Crippen LogP contribution in [0.25, 0.3) is 5.69 Å². The highest BCUT2D eigenvalue weighted by Crippen LogP contribution is 2.22. The third-order valence-corrected chi connectivity index (χ3v) is 7.19. The summed E-state index contributed by atoms with van der Waals surface area (Å²) in [6.45, 7) is 12.1. The lowest BCUT2D eigenvalue weighted by Gasteiger charge is -2.31. The van der Waals surface area contributed by atoms with Crippen LogP contribution in [0.5, 0.6) is 0 Å². The Balaban J connectivity index is 1.15. The molecule has 8 heteroatoms. The second-order valence-electron chi connectivity index (χ2n) is 9.69. The Morgan fingerprint density at radius 2 is 1.68 bits per heavy atom. The van der Waals surface area contributed by atoms with Gasteiger partial charge in [-0.3, -0.25) is 9.80 Å². The zero-order valence-electron chi connectivity index (χ0n) is 20.3. The molecule has 2 fully saturated rings. The molecule has 0 aliphatic carbocycles. The molecule has 2 aliphatic rings. The number of morpholine rings is 1. The molecule has 4 heterocycles. The van der Waals surface area contributed by atoms with Crippen LogP contribution in [0, 0.1) is 19.8 Å². The molecule has 0 unspecified atom stereocenters. The van der Waals surface area contributed by atoms with Gasteiger partial charge in [0, 0.05) is 26.2 Å². The summed E-state index contributed by atoms with van der Waals surface area (Å²) in [6, 6.07) is 10.4. The van der Waals surface area contributed by atoms with Crippen LogP contribution in [0.3, 0.4) is 0 Å². The lowest BCUT2D eigenvalue weighted by atomic mass is 9.97. The smallest absolute Gasteiger partial charge is 0.350 e. The first kappa shape index (κ1) is 23.1. The van der Waals surface area contributed by atoms with Crippen molar-refractivity contribution in [2.24, 2.45) is 5.92 Å². The number of nitrogens with zero attached hydrogens (tertiary/aromatic N) is 5. The number of piperidine rings is 1. The number of furan rings is 1. The van der Waals surface area contributed by atoms with Gasteiger partial charge in [0.25, 0.3) is 0 Å². The molecule has 8 nitrogen and oxygen atoms in total. The molecule has 0 bridgehead atoms. The maximum atomic E-state index is 13.0. The molecule has 34 heavy (non-hydrogen) atoms. The Morgan fingerprint density at radius 3 is 2.35 bits per heavy atom. The lowest BCUT2D eigenvalue weighted by molar-refractivity contribution is 0.0342. The van der Waals surface area contributed by atoms with Gasteiger partial charge in [0.15, 0.2) is 0 Å². The predicted molar refractivity (Wildman–Crippen MR) is 130 cm³/mol. The summed E-state index contributed by atoms with van der Waals surface area (Å²) >= 11 is 0. The fraction of sp³-hybridized carbons (Fsp3) is 0.538. The van der Waals surface area contributed by atoms with Crippen LogP contribution in [0.4, 0.5) is 0 Å². The maximum absolute atomic E-state index is 13.0. The minimum atomic E-state index is -0.0649. The quantitative estimate of drug-likeness (QED) is 0.534. The number of aromatic nitrogens is 3. The zero-order chi connectivity index (χ0) is 23.5. The minimum Gasteiger partial charge on any atom is -0.465 e. The highest BCUT2D eigenvalue weighted by atomic mass is 16.5. The lowest BCUT2D eigenvalue weighted by Crippen LogP contribution is -2.36. The minimum absolute atomic E-state index is 0.0649. The van der Waals surface area contributed by atoms with Crippen molar-refractivity contribution in [1.82, 2.24) is 24.1 Å². The van der Waals surface area contributed by atoms with E-state index in [1.807, 2.05) is 19.1 Å². The highest BCUT2D eigenvalue weighted by molar-refractivity contribution is 5.34. The summed E-state index contributed by atoms with van der Waals surface area (Å²) in [5.41, 5.74) is 3.26. The number of aryl methyl sites for hydroxylation is 2. The van der Waals surface area contributed by atoms with Crippen molar-refractivity contribution < 1.29 is 9.15 Å². The van der Waals surface area contributed by atoms with E-state index in [2.05, 4.69) is 40.0 Å². The molecular formula is C26H35N5O3. The molecule has 0 spiro atoms. The normalized spacial score (nSPS) is 18.5. The second kappa shape index (κ2) is 10.3. The highest BCUT2D eigenvalue weighted by Gasteiger charge is 2.22. The summed E-state index contributed by atoms with van der Waals surface area (Å²) < 4.78 is 14.5. The topological polar surface area (TPSA) is 68.7 Å². The number of hydrogen-bond donors (Lipinski definition) is 0. The predicted octanol–water partition coefficient (Wildman–Crippen LogP) is 2.99. The fourth-order valence-corrected chi connectivity index (χ4v) is 4.94. The van der Waals surface area contributed by atoms with E-state index < -0.39 is 0 Å². The van der Waals surface area contributed by atoms with Gasteiger partial charge in [0.2, 0.25) is 0 Å². The summed E-state index contributed by atoms with van der Waals surface area (Å²) in [6.07, 6.45) is 3.78. The summed E-state index contributed by atoms with van der Waals surface area (Å²) in [7, 11) is 0. The first-order valence-corrected chi connectivity index (χ1v) is 12.4. The van der Waals surface area contributed by atoms with Gasteiger partial charge in [-0.25, -0.2) is 14.0 Å². The van der Waals surface area contributed by atoms with Crippen LogP contribution in [0.15, 0.2) is 45.9 Å². The molecule has 2 aromatic heterocycles. The maximum Gasteiger partial charge on any atom is 0.350 e. The van der Waals surface area contributed by atoms with Crippen LogP contribution in [0.1, 0.15) is 35.5 Å². The standard InChI is InChI=1S/C26H35N5O3/c1-20-15-25(34-21(20)2)18-28-9-7-23(8-10-28)17-31-26(32)30(19-27-31)24-5-3-22(4-6-24)16-29-11-13-33-14-12-29/h3-6,15,19,23H,7-14,16-18H2,1-2H3. The Morgan fingerprint density at radius 1 is 0.971 bits per heavy atom. The number of ether oxygens (including phenoxy) is 1. The van der Waals surface area contributed by atoms with Crippen molar-refractivity contribution in [2.45, 2.75) is 46.3 Å². The van der Waals surface area contributed by atoms with E-state index in [0.29, 0.717) is 12.5 Å². The van der Waals surface area contributed by atoms with E-state index in [1.54, 1.807) is 15.6 Å². The largest absolute Gasteiger partial charge is 0.465 e. The van der Waals surface area contributed by atoms with Crippen molar-refractivity contribution in [3.05, 3.63) is 69.8 Å². The molecular weight excluding hydrogens is 430 g/mol. The molecule has 5 rings (SSSR count). The Hall–Kier alpha value is -2.68. The summed E-state index contributed by atoms with van der Waals surface area (Å²) in [5.74, 6) is 2.51. The van der Waals surface area contributed by atoms with Crippen LogP contribution < -0.4 is 5.69 Å². The van der Waals surface area contributed by atoms with Crippen LogP contribution in [-0.2, 0) is 24.4 Å². The number of hydrogen-bond acceptors (Lipinski definition) is 6. The zero-order valence-corrected chi connectivity index (χ0v) is 20.3. The van der Waals surface area contributed by atoms with Crippen molar-refractivity contribution in [1.29, 1.82) is 0 Å². The first-order chi connectivity index (χ1) is 16.5. The molecule has 0 saturated carbocycles. The molecule has 3 aromatic rings. The molecule has 182 valence electrons. The monoisotopic (exact) mass is 465 g/mol. The van der Waals surface area contributed by atoms with Gasteiger partial charge in [-0.2, -0.15) is 5.10 Å². The van der Waals surface area contributed by atoms with Gasteiger partial charge in [-0.15, -0.1) is 0 Å². The van der Waals surface area contributed by atoms with Crippen LogP contribution >= 0.6 is 0 Å². The molecule has 2 saturated heterocycles. The molecule has 0 radical (unpaired) electrons. The molecule has 1 aromatic carbocycles. The van der Waals surface area contributed by atoms with E-state index in [1.165, 1.54) is 11.1 Å². The van der Waals surface area contributed by atoms with E-state index >= 15 is 0 Å². The Kier molecular flexibility index (Phi) is 6.99. The van der Waals surface area contributed by atoms with E-state index in [4.69, 9.17) is 9.15 Å². The van der Waals surface area contributed by atoms with Gasteiger partial charge in [-0.05, 0) is 75.0 Å². The number of benzene rings is 1. The Labute approximate surface area is 200 Å². The second-order valence-corrected chi connectivity index (χ2v) is 9.69. The summed E-state index contributed by atoms with van der Waals surface area (Å²) in [5, 5.41) is 4.42. The van der Waals surface area contributed by atoms with Gasteiger partial charge in [0.1, 0.15) is 17.8 Å². The average molecular weight is 466 g/mol. The fourth-order valence-electron chi connectivity index (χ4n) is 4.94. The third kappa shape index (κ3) is 5.35. The van der Waals surface area contributed by atoms with E-state index in [9.17, 15) is 4.79 Å². The van der Waals surface area contributed by atoms with Gasteiger partial charge >= 0.3 is 5.69 Å². The molecule has 2 aliphatic heterocycles. The van der Waals surface area contributed by atoms with Crippen LogP contribution in [-0.4, -0.2) is 63.5 Å². The molecule has 0 amide bonds. The van der Waals surface area contributed by atoms with Crippen molar-refractivity contribution >= 4 is 0 Å². The van der Waals surface area contributed by atoms with E-state index in [-0.39, 0.29) is 5.69 Å². The first-order valence-electron chi connectivity index (χ1n) is 12.4. The van der Waals surface area contributed by atoms with Crippen LogP contribution in [0.2, 0.25) is 0 Å². The van der Waals surface area contributed by atoms with Gasteiger partial charge in [0.05, 0.1) is 25.4 Å². The molecule has 0 atom stereocenters. The average Bonchev–Trinajstić information content (AvgIpc) is 3.37. The van der Waals surface area contributed by atoms with E-state index in [0.717, 1.165) is 82.5 Å².